The van der Waals surface area contributed by atoms with Gasteiger partial charge in [0.05, 0.1) is 6.54 Å². The number of carbonyl (C=O) groups excluding carboxylic acids is 2. The Labute approximate surface area is 123 Å². The number of piperazine rings is 1. The standard InChI is InChI=1S/C14H19N5O2/c20-13(17-9-5-15-6-10-17)4-8-19-14(21)11-18-7-2-1-3-12(18)16-19/h1-3,7,15H,4-6,8-11H2. The van der Waals surface area contributed by atoms with Crippen LogP contribution in [0.5, 0.6) is 0 Å². The van der Waals surface area contributed by atoms with Crippen LogP contribution < -0.4 is 5.32 Å². The Morgan fingerprint density at radius 2 is 2.10 bits per heavy atom. The molecule has 21 heavy (non-hydrogen) atoms. The van der Waals surface area contributed by atoms with E-state index in [0.717, 1.165) is 32.0 Å². The summed E-state index contributed by atoms with van der Waals surface area (Å²) in [7, 11) is 0. The van der Waals surface area contributed by atoms with Crippen molar-refractivity contribution in [3.05, 3.63) is 24.4 Å². The average Bonchev–Trinajstić information content (AvgIpc) is 2.53. The predicted molar refractivity (Wildman–Crippen MR) is 78.2 cm³/mol. The van der Waals surface area contributed by atoms with Crippen LogP contribution in [0.3, 0.4) is 0 Å². The first kappa shape index (κ1) is 13.8. The topological polar surface area (TPSA) is 68.2 Å². The lowest BCUT2D eigenvalue weighted by atomic mass is 10.2. The van der Waals surface area contributed by atoms with E-state index in [1.807, 2.05) is 29.3 Å². The number of allylic oxidation sites excluding steroid dienone is 2. The Hall–Kier alpha value is -2.15. The van der Waals surface area contributed by atoms with E-state index in [9.17, 15) is 9.59 Å². The number of rotatable bonds is 3. The van der Waals surface area contributed by atoms with Gasteiger partial charge in [0.1, 0.15) is 6.54 Å². The number of hydrogen-bond acceptors (Lipinski definition) is 5. The van der Waals surface area contributed by atoms with Gasteiger partial charge in [0, 0.05) is 38.8 Å². The molecule has 0 spiro atoms. The van der Waals surface area contributed by atoms with Crippen molar-refractivity contribution in [2.45, 2.75) is 6.42 Å². The highest BCUT2D eigenvalue weighted by Crippen LogP contribution is 2.12. The summed E-state index contributed by atoms with van der Waals surface area (Å²) in [5, 5.41) is 8.93. The summed E-state index contributed by atoms with van der Waals surface area (Å²) < 4.78 is 0. The molecule has 112 valence electrons. The number of fused-ring (bicyclic) bond motifs is 1. The lowest BCUT2D eigenvalue weighted by Crippen LogP contribution is -2.48. The minimum Gasteiger partial charge on any atom is -0.340 e. The van der Waals surface area contributed by atoms with Gasteiger partial charge >= 0.3 is 0 Å². The van der Waals surface area contributed by atoms with E-state index in [0.29, 0.717) is 13.0 Å². The van der Waals surface area contributed by atoms with E-state index in [2.05, 4.69) is 10.4 Å². The van der Waals surface area contributed by atoms with E-state index in [4.69, 9.17) is 0 Å². The second-order valence-corrected chi connectivity index (χ2v) is 5.18. The molecule has 7 nitrogen and oxygen atoms in total. The molecule has 0 aromatic carbocycles. The van der Waals surface area contributed by atoms with Crippen molar-refractivity contribution in [3.8, 4) is 0 Å². The molecule has 3 heterocycles. The zero-order chi connectivity index (χ0) is 14.7. The van der Waals surface area contributed by atoms with E-state index in [1.165, 1.54) is 5.01 Å². The summed E-state index contributed by atoms with van der Waals surface area (Å²) in [6, 6.07) is 0. The van der Waals surface area contributed by atoms with Crippen LogP contribution in [-0.2, 0) is 9.59 Å². The minimum absolute atomic E-state index is 0.0770. The molecule has 1 fully saturated rings. The van der Waals surface area contributed by atoms with Crippen LogP contribution in [0, 0.1) is 0 Å². The second-order valence-electron chi connectivity index (χ2n) is 5.18. The molecule has 0 aromatic rings. The van der Waals surface area contributed by atoms with Crippen LogP contribution in [0.4, 0.5) is 0 Å². The van der Waals surface area contributed by atoms with Gasteiger partial charge in [-0.2, -0.15) is 5.10 Å². The fourth-order valence-corrected chi connectivity index (χ4v) is 2.55. The Balaban J connectivity index is 1.57. The van der Waals surface area contributed by atoms with Crippen LogP contribution >= 0.6 is 0 Å². The number of nitrogens with one attached hydrogen (secondary N) is 1. The van der Waals surface area contributed by atoms with Gasteiger partial charge in [-0.15, -0.1) is 0 Å². The number of amidine groups is 1. The molecule has 1 N–H and O–H groups in total. The van der Waals surface area contributed by atoms with Gasteiger partial charge < -0.3 is 15.1 Å². The molecule has 3 aliphatic rings. The SMILES string of the molecule is O=C(CCN1N=C2C=CC=CN2CC1=O)N1CCNCC1. The van der Waals surface area contributed by atoms with E-state index in [1.54, 1.807) is 4.90 Å². The number of hydrazone groups is 1. The molecule has 0 saturated carbocycles. The van der Waals surface area contributed by atoms with Gasteiger partial charge in [0.2, 0.25) is 5.91 Å². The van der Waals surface area contributed by atoms with Crippen molar-refractivity contribution in [1.82, 2.24) is 20.1 Å². The van der Waals surface area contributed by atoms with Gasteiger partial charge in [-0.1, -0.05) is 6.08 Å². The van der Waals surface area contributed by atoms with Crippen molar-refractivity contribution in [2.75, 3.05) is 39.3 Å². The van der Waals surface area contributed by atoms with Crippen molar-refractivity contribution in [1.29, 1.82) is 0 Å². The van der Waals surface area contributed by atoms with Crippen molar-refractivity contribution < 1.29 is 9.59 Å². The van der Waals surface area contributed by atoms with E-state index >= 15 is 0 Å². The highest BCUT2D eigenvalue weighted by atomic mass is 16.2. The zero-order valence-corrected chi connectivity index (χ0v) is 11.9. The van der Waals surface area contributed by atoms with Crippen LogP contribution in [0.2, 0.25) is 0 Å². The molecular formula is C14H19N5O2. The molecule has 7 heteroatoms. The fraction of sp³-hybridized carbons (Fsp3) is 0.500. The second kappa shape index (κ2) is 6.09. The lowest BCUT2D eigenvalue weighted by Gasteiger charge is -2.32. The van der Waals surface area contributed by atoms with Crippen molar-refractivity contribution in [2.24, 2.45) is 5.10 Å². The first-order chi connectivity index (χ1) is 10.2. The molecule has 0 aliphatic carbocycles. The number of nitrogens with zero attached hydrogens (tertiary/aromatic N) is 4. The third-order valence-electron chi connectivity index (χ3n) is 3.74. The number of amides is 2. The van der Waals surface area contributed by atoms with Gasteiger partial charge in [0.25, 0.3) is 5.91 Å². The maximum absolute atomic E-state index is 12.1. The van der Waals surface area contributed by atoms with Gasteiger partial charge in [0.15, 0.2) is 5.84 Å². The average molecular weight is 289 g/mol. The molecule has 3 rings (SSSR count). The van der Waals surface area contributed by atoms with Gasteiger partial charge in [-0.3, -0.25) is 9.59 Å². The summed E-state index contributed by atoms with van der Waals surface area (Å²) in [4.78, 5) is 27.8. The van der Waals surface area contributed by atoms with Gasteiger partial charge in [-0.25, -0.2) is 5.01 Å². The molecule has 0 unspecified atom stereocenters. The van der Waals surface area contributed by atoms with Crippen molar-refractivity contribution in [3.63, 3.8) is 0 Å². The Morgan fingerprint density at radius 1 is 1.29 bits per heavy atom. The highest BCUT2D eigenvalue weighted by molar-refractivity contribution is 6.00. The van der Waals surface area contributed by atoms with Gasteiger partial charge in [-0.05, 0) is 12.2 Å². The largest absolute Gasteiger partial charge is 0.340 e. The summed E-state index contributed by atoms with van der Waals surface area (Å²) in [5.41, 5.74) is 0. The van der Waals surface area contributed by atoms with Crippen LogP contribution in [0.25, 0.3) is 0 Å². The molecule has 0 radical (unpaired) electrons. The zero-order valence-electron chi connectivity index (χ0n) is 11.9. The number of hydrogen-bond donors (Lipinski definition) is 1. The third-order valence-corrected chi connectivity index (χ3v) is 3.74. The molecule has 1 saturated heterocycles. The number of carbonyl (C=O) groups is 2. The fourth-order valence-electron chi connectivity index (χ4n) is 2.55. The van der Waals surface area contributed by atoms with E-state index < -0.39 is 0 Å². The summed E-state index contributed by atoms with van der Waals surface area (Å²) in [5.74, 6) is 0.754. The first-order valence-electron chi connectivity index (χ1n) is 7.23. The molecule has 3 aliphatic heterocycles. The summed E-state index contributed by atoms with van der Waals surface area (Å²) >= 11 is 0. The normalized spacial score (nSPS) is 21.4. The minimum atomic E-state index is -0.0770. The maximum atomic E-state index is 12.1. The quantitative estimate of drug-likeness (QED) is 0.750. The maximum Gasteiger partial charge on any atom is 0.262 e. The molecule has 0 atom stereocenters. The summed E-state index contributed by atoms with van der Waals surface area (Å²) in [6.07, 6.45) is 7.77. The van der Waals surface area contributed by atoms with Crippen LogP contribution in [0.15, 0.2) is 29.5 Å². The highest BCUT2D eigenvalue weighted by Gasteiger charge is 2.26. The summed E-state index contributed by atoms with van der Waals surface area (Å²) in [6.45, 7) is 3.77. The van der Waals surface area contributed by atoms with Crippen molar-refractivity contribution >= 4 is 17.6 Å². The smallest absolute Gasteiger partial charge is 0.262 e. The predicted octanol–water partition coefficient (Wildman–Crippen LogP) is -0.650. The third kappa shape index (κ3) is 3.13. The van der Waals surface area contributed by atoms with E-state index in [-0.39, 0.29) is 18.4 Å². The Bertz CT molecular complexity index is 519. The first-order valence-corrected chi connectivity index (χ1v) is 7.23. The lowest BCUT2D eigenvalue weighted by molar-refractivity contribution is -0.135. The molecular weight excluding hydrogens is 270 g/mol. The Kier molecular flexibility index (Phi) is 4.01. The van der Waals surface area contributed by atoms with Crippen LogP contribution in [-0.4, -0.2) is 71.7 Å². The van der Waals surface area contributed by atoms with Crippen LogP contribution in [0.1, 0.15) is 6.42 Å². The molecule has 2 amide bonds. The monoisotopic (exact) mass is 289 g/mol. The molecule has 0 aromatic heterocycles. The molecule has 0 bridgehead atoms. The Morgan fingerprint density at radius 3 is 2.90 bits per heavy atom.